The van der Waals surface area contributed by atoms with E-state index in [1.54, 1.807) is 0 Å². The zero-order valence-electron chi connectivity index (χ0n) is 10.8. The van der Waals surface area contributed by atoms with Gasteiger partial charge in [0.1, 0.15) is 13.2 Å². The number of rotatable bonds is 4. The van der Waals surface area contributed by atoms with E-state index in [0.717, 1.165) is 11.5 Å². The molecule has 0 bridgehead atoms. The van der Waals surface area contributed by atoms with Gasteiger partial charge < -0.3 is 15.2 Å². The van der Waals surface area contributed by atoms with Gasteiger partial charge in [-0.2, -0.15) is 0 Å². The second-order valence-corrected chi connectivity index (χ2v) is 5.05. The molecule has 0 spiro atoms. The lowest BCUT2D eigenvalue weighted by Gasteiger charge is -2.28. The average Bonchev–Trinajstić information content (AvgIpc) is 3.23. The normalized spacial score (nSPS) is 19.9. The largest absolute Gasteiger partial charge is 0.486 e. The summed E-state index contributed by atoms with van der Waals surface area (Å²) in [5.74, 6) is 1.69. The molecule has 1 aromatic rings. The van der Waals surface area contributed by atoms with Gasteiger partial charge >= 0.3 is 0 Å². The Morgan fingerprint density at radius 2 is 2.00 bits per heavy atom. The number of hydrogen-bond donors (Lipinski definition) is 1. The van der Waals surface area contributed by atoms with Crippen molar-refractivity contribution in [3.8, 4) is 11.5 Å². The summed E-state index contributed by atoms with van der Waals surface area (Å²) in [6, 6.07) is 7.14. The molecular formula is C14H20N2O2. The van der Waals surface area contributed by atoms with E-state index in [4.69, 9.17) is 15.2 Å². The van der Waals surface area contributed by atoms with Crippen molar-refractivity contribution in [3.05, 3.63) is 23.8 Å². The molecule has 18 heavy (non-hydrogen) atoms. The number of nitrogens with two attached hydrogens (primary N) is 1. The Hall–Kier alpha value is -1.26. The van der Waals surface area contributed by atoms with Crippen molar-refractivity contribution in [1.29, 1.82) is 0 Å². The predicted molar refractivity (Wildman–Crippen MR) is 70.0 cm³/mol. The summed E-state index contributed by atoms with van der Waals surface area (Å²) in [5, 5.41) is 0. The first-order valence-electron chi connectivity index (χ1n) is 6.61. The van der Waals surface area contributed by atoms with Crippen LogP contribution in [0.2, 0.25) is 0 Å². The van der Waals surface area contributed by atoms with Crippen molar-refractivity contribution >= 4 is 0 Å². The molecule has 4 nitrogen and oxygen atoms in total. The average molecular weight is 248 g/mol. The summed E-state index contributed by atoms with van der Waals surface area (Å²) in [6.07, 6.45) is 2.58. The van der Waals surface area contributed by atoms with Crippen LogP contribution in [0.5, 0.6) is 11.5 Å². The molecule has 3 rings (SSSR count). The van der Waals surface area contributed by atoms with E-state index < -0.39 is 0 Å². The van der Waals surface area contributed by atoms with Crippen molar-refractivity contribution < 1.29 is 9.47 Å². The Morgan fingerprint density at radius 1 is 1.28 bits per heavy atom. The molecule has 1 aliphatic heterocycles. The number of nitrogens with zero attached hydrogens (tertiary/aromatic N) is 1. The summed E-state index contributed by atoms with van der Waals surface area (Å²) < 4.78 is 11.2. The molecule has 1 aliphatic carbocycles. The fourth-order valence-electron chi connectivity index (χ4n) is 2.54. The smallest absolute Gasteiger partial charge is 0.161 e. The van der Waals surface area contributed by atoms with E-state index in [9.17, 15) is 0 Å². The number of fused-ring (bicyclic) bond motifs is 1. The molecule has 1 atom stereocenters. The molecule has 4 heteroatoms. The number of benzene rings is 1. The van der Waals surface area contributed by atoms with Crippen LogP contribution >= 0.6 is 0 Å². The molecule has 1 fully saturated rings. The van der Waals surface area contributed by atoms with Gasteiger partial charge in [0.05, 0.1) is 0 Å². The molecule has 0 saturated heterocycles. The Morgan fingerprint density at radius 3 is 2.67 bits per heavy atom. The lowest BCUT2D eigenvalue weighted by atomic mass is 10.0. The highest BCUT2D eigenvalue weighted by atomic mass is 16.6. The minimum Gasteiger partial charge on any atom is -0.486 e. The third-order valence-electron chi connectivity index (χ3n) is 3.79. The summed E-state index contributed by atoms with van der Waals surface area (Å²) >= 11 is 0. The van der Waals surface area contributed by atoms with Gasteiger partial charge in [-0.25, -0.2) is 0 Å². The molecule has 0 aromatic heterocycles. The highest BCUT2D eigenvalue weighted by Crippen LogP contribution is 2.36. The first-order valence-corrected chi connectivity index (χ1v) is 6.61. The van der Waals surface area contributed by atoms with Gasteiger partial charge in [0.2, 0.25) is 0 Å². The van der Waals surface area contributed by atoms with Gasteiger partial charge in [0.25, 0.3) is 0 Å². The fourth-order valence-corrected chi connectivity index (χ4v) is 2.54. The second kappa shape index (κ2) is 4.78. The van der Waals surface area contributed by atoms with Gasteiger partial charge in [0.15, 0.2) is 11.5 Å². The Balaban J connectivity index is 1.85. The van der Waals surface area contributed by atoms with Gasteiger partial charge in [0, 0.05) is 18.6 Å². The zero-order chi connectivity index (χ0) is 12.5. The van der Waals surface area contributed by atoms with Crippen LogP contribution in [0, 0.1) is 0 Å². The highest BCUT2D eigenvalue weighted by Gasteiger charge is 2.31. The lowest BCUT2D eigenvalue weighted by molar-refractivity contribution is 0.170. The van der Waals surface area contributed by atoms with Gasteiger partial charge in [-0.1, -0.05) is 6.07 Å². The number of likely N-dealkylation sites (N-methyl/N-ethyl adjacent to an activating group) is 1. The molecule has 2 aliphatic rings. The first-order chi connectivity index (χ1) is 8.79. The number of hydrogen-bond acceptors (Lipinski definition) is 4. The minimum atomic E-state index is 0.272. The van der Waals surface area contributed by atoms with Gasteiger partial charge in [-0.15, -0.1) is 0 Å². The third kappa shape index (κ3) is 2.18. The van der Waals surface area contributed by atoms with Crippen LogP contribution in [0.4, 0.5) is 0 Å². The molecule has 1 saturated carbocycles. The molecule has 1 unspecified atom stereocenters. The van der Waals surface area contributed by atoms with Crippen LogP contribution in [0.1, 0.15) is 24.4 Å². The van der Waals surface area contributed by atoms with Crippen molar-refractivity contribution in [2.45, 2.75) is 24.9 Å². The lowest BCUT2D eigenvalue weighted by Crippen LogP contribution is -2.32. The monoisotopic (exact) mass is 248 g/mol. The SMILES string of the molecule is CN(C1CC1)C(CN)c1ccc2c(c1)OCCO2. The standard InChI is InChI=1S/C14H20N2O2/c1-16(11-3-4-11)12(9-15)10-2-5-13-14(8-10)18-7-6-17-13/h2,5,8,11-12H,3-4,6-7,9,15H2,1H3. The van der Waals surface area contributed by atoms with Gasteiger partial charge in [-0.05, 0) is 37.6 Å². The van der Waals surface area contributed by atoms with Crippen molar-refractivity contribution in [2.24, 2.45) is 5.73 Å². The zero-order valence-corrected chi connectivity index (χ0v) is 10.8. The summed E-state index contributed by atoms with van der Waals surface area (Å²) in [5.41, 5.74) is 7.15. The van der Waals surface area contributed by atoms with Crippen LogP contribution in [-0.2, 0) is 0 Å². The maximum absolute atomic E-state index is 5.93. The Labute approximate surface area is 108 Å². The van der Waals surface area contributed by atoms with Crippen LogP contribution < -0.4 is 15.2 Å². The fraction of sp³-hybridized carbons (Fsp3) is 0.571. The third-order valence-corrected chi connectivity index (χ3v) is 3.79. The van der Waals surface area contributed by atoms with Crippen LogP contribution in [0.3, 0.4) is 0 Å². The molecule has 98 valence electrons. The van der Waals surface area contributed by atoms with Crippen LogP contribution in [0.25, 0.3) is 0 Å². The van der Waals surface area contributed by atoms with Crippen LogP contribution in [-0.4, -0.2) is 37.7 Å². The second-order valence-electron chi connectivity index (χ2n) is 5.05. The van der Waals surface area contributed by atoms with E-state index in [-0.39, 0.29) is 6.04 Å². The highest BCUT2D eigenvalue weighted by molar-refractivity contribution is 5.44. The molecule has 0 amide bonds. The molecule has 0 radical (unpaired) electrons. The maximum atomic E-state index is 5.93. The van der Waals surface area contributed by atoms with Gasteiger partial charge in [-0.3, -0.25) is 4.90 Å². The minimum absolute atomic E-state index is 0.272. The molecular weight excluding hydrogens is 228 g/mol. The van der Waals surface area contributed by atoms with Crippen molar-refractivity contribution in [2.75, 3.05) is 26.8 Å². The quantitative estimate of drug-likeness (QED) is 0.878. The molecule has 1 aromatic carbocycles. The van der Waals surface area contributed by atoms with E-state index in [1.807, 2.05) is 6.07 Å². The Bertz CT molecular complexity index is 432. The molecule has 1 heterocycles. The van der Waals surface area contributed by atoms with Crippen molar-refractivity contribution in [1.82, 2.24) is 4.90 Å². The predicted octanol–water partition coefficient (Wildman–Crippen LogP) is 1.55. The molecule has 2 N–H and O–H groups in total. The van der Waals surface area contributed by atoms with E-state index in [1.165, 1.54) is 18.4 Å². The van der Waals surface area contributed by atoms with Crippen molar-refractivity contribution in [3.63, 3.8) is 0 Å². The van der Waals surface area contributed by atoms with Crippen LogP contribution in [0.15, 0.2) is 18.2 Å². The van der Waals surface area contributed by atoms with E-state index in [2.05, 4.69) is 24.1 Å². The summed E-state index contributed by atoms with van der Waals surface area (Å²) in [6.45, 7) is 1.89. The van der Waals surface area contributed by atoms with E-state index >= 15 is 0 Å². The van der Waals surface area contributed by atoms with E-state index in [0.29, 0.717) is 25.8 Å². The topological polar surface area (TPSA) is 47.7 Å². The Kier molecular flexibility index (Phi) is 3.14. The maximum Gasteiger partial charge on any atom is 0.161 e. The summed E-state index contributed by atoms with van der Waals surface area (Å²) in [4.78, 5) is 2.38. The first kappa shape index (κ1) is 11.8. The summed E-state index contributed by atoms with van der Waals surface area (Å²) in [7, 11) is 2.16. The number of ether oxygens (including phenoxy) is 2.